The Labute approximate surface area is 171 Å². The van der Waals surface area contributed by atoms with Gasteiger partial charge in [-0.2, -0.15) is 0 Å². The van der Waals surface area contributed by atoms with E-state index < -0.39 is 0 Å². The van der Waals surface area contributed by atoms with Gasteiger partial charge in [0.2, 0.25) is 16.9 Å². The minimum Gasteiger partial charge on any atom is -0.416 e. The summed E-state index contributed by atoms with van der Waals surface area (Å²) < 4.78 is 5.78. The van der Waals surface area contributed by atoms with Gasteiger partial charge >= 0.3 is 0 Å². The molecular formula is C21H19N5O2S. The molecule has 0 atom stereocenters. The summed E-state index contributed by atoms with van der Waals surface area (Å²) in [4.78, 5) is 12.4. The molecule has 2 heterocycles. The first kappa shape index (κ1) is 18.9. The van der Waals surface area contributed by atoms with E-state index in [1.54, 1.807) is 24.3 Å². The number of hydrogen-bond donors (Lipinski definition) is 1. The molecule has 0 aliphatic rings. The van der Waals surface area contributed by atoms with Crippen LogP contribution in [0.25, 0.3) is 22.9 Å². The third-order valence-electron chi connectivity index (χ3n) is 4.27. The Hall–Kier alpha value is -3.39. The SMILES string of the molecule is Cc1ccc(-c2nnc(-c3ccc(C(=O)Nc4nnc(C(C)C)s4)cc3)o2)cc1. The van der Waals surface area contributed by atoms with Gasteiger partial charge in [0.25, 0.3) is 5.91 Å². The Morgan fingerprint density at radius 2 is 1.48 bits per heavy atom. The van der Waals surface area contributed by atoms with Gasteiger partial charge in [-0.25, -0.2) is 0 Å². The highest BCUT2D eigenvalue weighted by atomic mass is 32.1. The lowest BCUT2D eigenvalue weighted by molar-refractivity contribution is 0.102. The lowest BCUT2D eigenvalue weighted by Gasteiger charge is -2.02. The van der Waals surface area contributed by atoms with Crippen molar-refractivity contribution in [2.45, 2.75) is 26.7 Å². The van der Waals surface area contributed by atoms with Crippen LogP contribution in [-0.4, -0.2) is 26.3 Å². The second-order valence-electron chi connectivity index (χ2n) is 6.91. The van der Waals surface area contributed by atoms with Crippen LogP contribution in [0.2, 0.25) is 0 Å². The monoisotopic (exact) mass is 405 g/mol. The van der Waals surface area contributed by atoms with Crippen molar-refractivity contribution in [3.05, 3.63) is 64.7 Å². The van der Waals surface area contributed by atoms with Crippen molar-refractivity contribution in [3.8, 4) is 22.9 Å². The highest BCUT2D eigenvalue weighted by Crippen LogP contribution is 2.25. The molecule has 0 unspecified atom stereocenters. The molecule has 0 fully saturated rings. The van der Waals surface area contributed by atoms with Crippen LogP contribution < -0.4 is 5.32 Å². The number of nitrogens with one attached hydrogen (secondary N) is 1. The second-order valence-corrected chi connectivity index (χ2v) is 7.92. The molecule has 0 saturated carbocycles. The normalized spacial score (nSPS) is 11.0. The average Bonchev–Trinajstić information content (AvgIpc) is 3.39. The Morgan fingerprint density at radius 3 is 2.03 bits per heavy atom. The Kier molecular flexibility index (Phi) is 5.18. The maximum atomic E-state index is 12.4. The number of carbonyl (C=O) groups excluding carboxylic acids is 1. The second kappa shape index (κ2) is 7.92. The van der Waals surface area contributed by atoms with Crippen molar-refractivity contribution in [3.63, 3.8) is 0 Å². The molecule has 4 rings (SSSR count). The van der Waals surface area contributed by atoms with Crippen LogP contribution in [0, 0.1) is 6.92 Å². The smallest absolute Gasteiger partial charge is 0.257 e. The largest absolute Gasteiger partial charge is 0.416 e. The summed E-state index contributed by atoms with van der Waals surface area (Å²) >= 11 is 1.38. The first-order valence-corrected chi connectivity index (χ1v) is 9.97. The summed E-state index contributed by atoms with van der Waals surface area (Å²) in [5, 5.41) is 20.5. The molecule has 2 aromatic carbocycles. The third kappa shape index (κ3) is 4.22. The maximum absolute atomic E-state index is 12.4. The van der Waals surface area contributed by atoms with Crippen LogP contribution in [0.4, 0.5) is 5.13 Å². The van der Waals surface area contributed by atoms with Crippen LogP contribution in [-0.2, 0) is 0 Å². The van der Waals surface area contributed by atoms with E-state index in [2.05, 4.69) is 25.7 Å². The topological polar surface area (TPSA) is 93.8 Å². The molecule has 0 saturated heterocycles. The Bertz CT molecular complexity index is 1130. The molecule has 0 aliphatic carbocycles. The zero-order chi connectivity index (χ0) is 20.4. The molecule has 0 aliphatic heterocycles. The van der Waals surface area contributed by atoms with Gasteiger partial charge in [-0.3, -0.25) is 10.1 Å². The highest BCUT2D eigenvalue weighted by Gasteiger charge is 2.14. The molecule has 0 spiro atoms. The van der Waals surface area contributed by atoms with Crippen LogP contribution in [0.1, 0.15) is 40.7 Å². The number of aryl methyl sites for hydroxylation is 1. The van der Waals surface area contributed by atoms with E-state index in [-0.39, 0.29) is 11.8 Å². The summed E-state index contributed by atoms with van der Waals surface area (Å²) in [7, 11) is 0. The number of amides is 1. The molecule has 146 valence electrons. The predicted octanol–water partition coefficient (Wildman–Crippen LogP) is 4.94. The molecule has 0 radical (unpaired) electrons. The molecule has 1 N–H and O–H groups in total. The number of anilines is 1. The minimum atomic E-state index is -0.242. The van der Waals surface area contributed by atoms with Crippen LogP contribution in [0.15, 0.2) is 52.9 Å². The van der Waals surface area contributed by atoms with Gasteiger partial charge < -0.3 is 4.42 Å². The molecule has 7 nitrogen and oxygen atoms in total. The maximum Gasteiger partial charge on any atom is 0.257 e. The lowest BCUT2D eigenvalue weighted by atomic mass is 10.1. The van der Waals surface area contributed by atoms with Crippen LogP contribution in [0.5, 0.6) is 0 Å². The standard InChI is InChI=1S/C21H19N5O2S/c1-12(2)20-25-26-21(29-20)22-17(27)14-8-10-16(11-9-14)19-24-23-18(28-19)15-6-4-13(3)5-7-15/h4-12H,1-3H3,(H,22,26,27). The molecule has 2 aromatic heterocycles. The number of hydrogen-bond acceptors (Lipinski definition) is 7. The fourth-order valence-electron chi connectivity index (χ4n) is 2.60. The van der Waals surface area contributed by atoms with Crippen molar-refractivity contribution >= 4 is 22.4 Å². The molecule has 0 bridgehead atoms. The Morgan fingerprint density at radius 1 is 0.897 bits per heavy atom. The van der Waals surface area contributed by atoms with Crippen molar-refractivity contribution in [1.29, 1.82) is 0 Å². The molecule has 4 aromatic rings. The van der Waals surface area contributed by atoms with E-state index in [0.717, 1.165) is 21.7 Å². The highest BCUT2D eigenvalue weighted by molar-refractivity contribution is 7.15. The minimum absolute atomic E-state index is 0.242. The number of benzene rings is 2. The van der Waals surface area contributed by atoms with Gasteiger partial charge in [0, 0.05) is 22.6 Å². The summed E-state index contributed by atoms with van der Waals surface area (Å²) in [6.45, 7) is 6.09. The van der Waals surface area contributed by atoms with E-state index in [0.29, 0.717) is 22.5 Å². The average molecular weight is 405 g/mol. The van der Waals surface area contributed by atoms with Crippen LogP contribution >= 0.6 is 11.3 Å². The van der Waals surface area contributed by atoms with Crippen molar-refractivity contribution in [1.82, 2.24) is 20.4 Å². The summed E-state index contributed by atoms with van der Waals surface area (Å²) in [6.07, 6.45) is 0. The molecule has 1 amide bonds. The van der Waals surface area contributed by atoms with Gasteiger partial charge in [0.05, 0.1) is 0 Å². The Balaban J connectivity index is 1.47. The third-order valence-corrected chi connectivity index (χ3v) is 5.41. The van der Waals surface area contributed by atoms with Gasteiger partial charge in [0.15, 0.2) is 0 Å². The summed E-state index contributed by atoms with van der Waals surface area (Å²) in [6, 6.07) is 14.9. The van der Waals surface area contributed by atoms with Gasteiger partial charge in [0.1, 0.15) is 5.01 Å². The molecular weight excluding hydrogens is 386 g/mol. The summed E-state index contributed by atoms with van der Waals surface area (Å²) in [5.74, 6) is 0.891. The number of rotatable bonds is 5. The zero-order valence-electron chi connectivity index (χ0n) is 16.2. The number of nitrogens with zero attached hydrogens (tertiary/aromatic N) is 4. The quantitative estimate of drug-likeness (QED) is 0.505. The fourth-order valence-corrected chi connectivity index (χ4v) is 3.35. The number of aromatic nitrogens is 4. The lowest BCUT2D eigenvalue weighted by Crippen LogP contribution is -2.11. The van der Waals surface area contributed by atoms with E-state index in [1.807, 2.05) is 45.0 Å². The van der Waals surface area contributed by atoms with E-state index in [9.17, 15) is 4.79 Å². The van der Waals surface area contributed by atoms with Crippen LogP contribution in [0.3, 0.4) is 0 Å². The molecule has 29 heavy (non-hydrogen) atoms. The van der Waals surface area contributed by atoms with Gasteiger partial charge in [-0.15, -0.1) is 20.4 Å². The van der Waals surface area contributed by atoms with E-state index in [4.69, 9.17) is 4.42 Å². The number of carbonyl (C=O) groups is 1. The van der Waals surface area contributed by atoms with E-state index >= 15 is 0 Å². The fraction of sp³-hybridized carbons (Fsp3) is 0.190. The first-order valence-electron chi connectivity index (χ1n) is 9.15. The van der Waals surface area contributed by atoms with Gasteiger partial charge in [-0.05, 0) is 43.3 Å². The predicted molar refractivity (Wildman–Crippen MR) is 112 cm³/mol. The van der Waals surface area contributed by atoms with E-state index in [1.165, 1.54) is 11.3 Å². The van der Waals surface area contributed by atoms with Crippen molar-refractivity contribution in [2.24, 2.45) is 0 Å². The summed E-state index contributed by atoms with van der Waals surface area (Å²) in [5.41, 5.74) is 3.28. The first-order chi connectivity index (χ1) is 14.0. The van der Waals surface area contributed by atoms with Crippen molar-refractivity contribution in [2.75, 3.05) is 5.32 Å². The zero-order valence-corrected chi connectivity index (χ0v) is 17.0. The van der Waals surface area contributed by atoms with Gasteiger partial charge in [-0.1, -0.05) is 42.9 Å². The molecule has 8 heteroatoms. The van der Waals surface area contributed by atoms with Crippen molar-refractivity contribution < 1.29 is 9.21 Å².